The van der Waals surface area contributed by atoms with Gasteiger partial charge in [0.05, 0.1) is 0 Å². The molecule has 0 aliphatic carbocycles. The first kappa shape index (κ1) is 12.4. The molecule has 0 fully saturated rings. The van der Waals surface area contributed by atoms with Gasteiger partial charge in [-0.05, 0) is 12.8 Å². The van der Waals surface area contributed by atoms with Gasteiger partial charge in [0.15, 0.2) is 0 Å². The number of nitrogens with zero attached hydrogens (tertiary/aromatic N) is 1. The van der Waals surface area contributed by atoms with Crippen molar-refractivity contribution in [3.05, 3.63) is 0 Å². The van der Waals surface area contributed by atoms with Crippen LogP contribution >= 0.6 is 15.9 Å². The Kier molecular flexibility index (Phi) is 5.36. The summed E-state index contributed by atoms with van der Waals surface area (Å²) in [5.74, 6) is 0. The van der Waals surface area contributed by atoms with Crippen molar-refractivity contribution in [1.29, 1.82) is 0 Å². The molecule has 0 aromatic heterocycles. The molecule has 0 N–H and O–H groups in total. The monoisotopic (exact) mass is 257 g/mol. The van der Waals surface area contributed by atoms with Crippen LogP contribution in [-0.2, 0) is 10.0 Å². The van der Waals surface area contributed by atoms with E-state index in [9.17, 15) is 8.42 Å². The highest BCUT2D eigenvalue weighted by Crippen LogP contribution is 2.12. The molecule has 0 aliphatic heterocycles. The van der Waals surface area contributed by atoms with Gasteiger partial charge in [-0.15, -0.1) is 0 Å². The number of sulfonamides is 1. The molecule has 0 radical (unpaired) electrons. The zero-order chi connectivity index (χ0) is 9.78. The van der Waals surface area contributed by atoms with E-state index in [4.69, 9.17) is 0 Å². The Balaban J connectivity index is 4.46. The summed E-state index contributed by atoms with van der Waals surface area (Å²) in [7, 11) is -1.44. The third-order valence-electron chi connectivity index (χ3n) is 2.03. The van der Waals surface area contributed by atoms with Crippen LogP contribution in [0.25, 0.3) is 0 Å². The summed E-state index contributed by atoms with van der Waals surface area (Å²) < 4.78 is 24.1. The highest BCUT2D eigenvalue weighted by molar-refractivity contribution is 9.10. The van der Waals surface area contributed by atoms with Gasteiger partial charge in [0, 0.05) is 13.1 Å². The lowest BCUT2D eigenvalue weighted by Gasteiger charge is -2.24. The summed E-state index contributed by atoms with van der Waals surface area (Å²) in [6.45, 7) is 3.99. The molecule has 0 amide bonds. The van der Waals surface area contributed by atoms with E-state index < -0.39 is 10.0 Å². The van der Waals surface area contributed by atoms with Crippen LogP contribution in [0, 0.1) is 0 Å². The Labute approximate surface area is 83.3 Å². The molecule has 0 unspecified atom stereocenters. The van der Waals surface area contributed by atoms with E-state index in [1.54, 1.807) is 7.05 Å². The van der Waals surface area contributed by atoms with Gasteiger partial charge in [-0.2, -0.15) is 0 Å². The van der Waals surface area contributed by atoms with E-state index in [1.807, 2.05) is 13.8 Å². The second-order valence-electron chi connectivity index (χ2n) is 2.71. The van der Waals surface area contributed by atoms with Crippen molar-refractivity contribution in [1.82, 2.24) is 4.31 Å². The number of hydrogen-bond donors (Lipinski definition) is 0. The molecule has 0 aliphatic rings. The van der Waals surface area contributed by atoms with Crippen molar-refractivity contribution < 1.29 is 8.42 Å². The molecule has 0 aromatic rings. The minimum absolute atomic E-state index is 0.00694. The first-order valence-corrected chi connectivity index (χ1v) is 6.74. The highest BCUT2D eigenvalue weighted by Gasteiger charge is 2.22. The molecule has 5 heteroatoms. The largest absolute Gasteiger partial charge is 0.224 e. The van der Waals surface area contributed by atoms with Gasteiger partial charge in [-0.3, -0.25) is 0 Å². The Hall–Kier alpha value is 0.390. The van der Waals surface area contributed by atoms with Crippen molar-refractivity contribution in [3.8, 4) is 0 Å². The maximum Gasteiger partial charge on any atom is 0.224 e. The maximum absolute atomic E-state index is 11.3. The van der Waals surface area contributed by atoms with Crippen LogP contribution in [0.5, 0.6) is 0 Å². The lowest BCUT2D eigenvalue weighted by atomic mass is 10.2. The molecule has 0 saturated heterocycles. The fourth-order valence-corrected chi connectivity index (χ4v) is 2.98. The number of rotatable bonds is 5. The molecular weight excluding hydrogens is 242 g/mol. The minimum atomic E-state index is -3.07. The summed E-state index contributed by atoms with van der Waals surface area (Å²) >= 11 is 2.97. The van der Waals surface area contributed by atoms with Gasteiger partial charge in [0.1, 0.15) is 4.66 Å². The zero-order valence-electron chi connectivity index (χ0n) is 7.75. The van der Waals surface area contributed by atoms with Crippen LogP contribution in [0.2, 0.25) is 0 Å². The lowest BCUT2D eigenvalue weighted by molar-refractivity contribution is 0.352. The first-order chi connectivity index (χ1) is 5.49. The van der Waals surface area contributed by atoms with E-state index in [2.05, 4.69) is 15.9 Å². The summed E-state index contributed by atoms with van der Waals surface area (Å²) in [4.78, 5) is 0. The molecule has 74 valence electrons. The van der Waals surface area contributed by atoms with Crippen LogP contribution in [0.1, 0.15) is 26.7 Å². The fraction of sp³-hybridized carbons (Fsp3) is 1.00. The Morgan fingerprint density at radius 2 is 1.75 bits per heavy atom. The molecule has 0 saturated carbocycles. The van der Waals surface area contributed by atoms with Gasteiger partial charge in [-0.25, -0.2) is 12.7 Å². The van der Waals surface area contributed by atoms with Crippen LogP contribution < -0.4 is 0 Å². The Morgan fingerprint density at radius 1 is 1.33 bits per heavy atom. The Morgan fingerprint density at radius 3 is 2.00 bits per heavy atom. The molecule has 0 atom stereocenters. The normalized spacial score (nSPS) is 12.8. The number of hydrogen-bond acceptors (Lipinski definition) is 2. The summed E-state index contributed by atoms with van der Waals surface area (Å²) in [6, 6.07) is 0.132. The van der Waals surface area contributed by atoms with E-state index in [1.165, 1.54) is 4.31 Å². The van der Waals surface area contributed by atoms with E-state index >= 15 is 0 Å². The van der Waals surface area contributed by atoms with E-state index in [0.717, 1.165) is 12.8 Å². The molecule has 0 rings (SSSR count). The van der Waals surface area contributed by atoms with Gasteiger partial charge in [0.25, 0.3) is 0 Å². The van der Waals surface area contributed by atoms with Crippen molar-refractivity contribution in [3.63, 3.8) is 0 Å². The predicted octanol–water partition coefficient (Wildman–Crippen LogP) is 1.79. The molecular formula is C7H16BrNO2S. The minimum Gasteiger partial charge on any atom is -0.211 e. The summed E-state index contributed by atoms with van der Waals surface area (Å²) in [5, 5.41) is 0. The van der Waals surface area contributed by atoms with Crippen LogP contribution in [0.15, 0.2) is 0 Å². The number of halogens is 1. The fourth-order valence-electron chi connectivity index (χ4n) is 1.11. The van der Waals surface area contributed by atoms with Crippen LogP contribution in [-0.4, -0.2) is 30.5 Å². The summed E-state index contributed by atoms with van der Waals surface area (Å²) in [5.41, 5.74) is 0. The topological polar surface area (TPSA) is 37.4 Å². The van der Waals surface area contributed by atoms with Crippen LogP contribution in [0.3, 0.4) is 0 Å². The molecule has 0 heterocycles. The molecule has 3 nitrogen and oxygen atoms in total. The first-order valence-electron chi connectivity index (χ1n) is 4.01. The van der Waals surface area contributed by atoms with Crippen molar-refractivity contribution in [2.24, 2.45) is 0 Å². The second-order valence-corrected chi connectivity index (χ2v) is 6.04. The van der Waals surface area contributed by atoms with Crippen molar-refractivity contribution in [2.45, 2.75) is 32.7 Å². The summed E-state index contributed by atoms with van der Waals surface area (Å²) in [6.07, 6.45) is 1.72. The Bertz CT molecular complexity index is 211. The predicted molar refractivity (Wildman–Crippen MR) is 54.8 cm³/mol. The molecule has 12 heavy (non-hydrogen) atoms. The zero-order valence-corrected chi connectivity index (χ0v) is 10.2. The molecule has 0 spiro atoms. The van der Waals surface area contributed by atoms with E-state index in [-0.39, 0.29) is 10.7 Å². The third kappa shape index (κ3) is 3.03. The quantitative estimate of drug-likeness (QED) is 0.705. The van der Waals surface area contributed by atoms with Crippen molar-refractivity contribution >= 4 is 26.0 Å². The van der Waals surface area contributed by atoms with E-state index in [0.29, 0.717) is 0 Å². The smallest absolute Gasteiger partial charge is 0.211 e. The van der Waals surface area contributed by atoms with Gasteiger partial charge >= 0.3 is 0 Å². The van der Waals surface area contributed by atoms with Gasteiger partial charge in [-0.1, -0.05) is 29.8 Å². The third-order valence-corrected chi connectivity index (χ3v) is 5.22. The standard InChI is InChI=1S/C7H16BrNO2S/c1-4-7(5-2)9(3)12(10,11)6-8/h7H,4-6H2,1-3H3. The lowest BCUT2D eigenvalue weighted by Crippen LogP contribution is -2.36. The molecule has 0 aromatic carbocycles. The highest BCUT2D eigenvalue weighted by atomic mass is 79.9. The van der Waals surface area contributed by atoms with Gasteiger partial charge in [0.2, 0.25) is 10.0 Å². The number of alkyl halides is 1. The molecule has 0 bridgehead atoms. The maximum atomic E-state index is 11.3. The van der Waals surface area contributed by atoms with Crippen LogP contribution in [0.4, 0.5) is 0 Å². The SMILES string of the molecule is CCC(CC)N(C)S(=O)(=O)CBr. The second kappa shape index (κ2) is 5.19. The average molecular weight is 258 g/mol. The van der Waals surface area contributed by atoms with Crippen molar-refractivity contribution in [2.75, 3.05) is 11.7 Å². The average Bonchev–Trinajstić information content (AvgIpc) is 2.06. The van der Waals surface area contributed by atoms with Gasteiger partial charge < -0.3 is 0 Å².